The quantitative estimate of drug-likeness (QED) is 0.576. The van der Waals surface area contributed by atoms with Gasteiger partial charge in [-0.15, -0.1) is 0 Å². The number of carbonyl (C=O) groups excluding carboxylic acids is 2. The molecule has 4 rings (SSSR count). The van der Waals surface area contributed by atoms with Crippen LogP contribution in [0.1, 0.15) is 31.2 Å². The molecule has 1 aliphatic heterocycles. The molecule has 0 radical (unpaired) electrons. The second-order valence-electron chi connectivity index (χ2n) is 8.07. The number of fused-ring (bicyclic) bond motifs is 1. The molecular formula is C20H25N3O5. The van der Waals surface area contributed by atoms with E-state index in [1.807, 2.05) is 30.3 Å². The van der Waals surface area contributed by atoms with Gasteiger partial charge in [-0.3, -0.25) is 10.1 Å². The van der Waals surface area contributed by atoms with Gasteiger partial charge in [0.2, 0.25) is 0 Å². The van der Waals surface area contributed by atoms with Gasteiger partial charge in [-0.2, -0.15) is 0 Å². The van der Waals surface area contributed by atoms with E-state index >= 15 is 0 Å². The molecular weight excluding hydrogens is 362 g/mol. The first kappa shape index (κ1) is 18.7. The number of benzene rings is 1. The van der Waals surface area contributed by atoms with Gasteiger partial charge in [0, 0.05) is 12.0 Å². The summed E-state index contributed by atoms with van der Waals surface area (Å²) < 4.78 is 5.97. The van der Waals surface area contributed by atoms with Gasteiger partial charge in [0.05, 0.1) is 13.2 Å². The molecule has 2 unspecified atom stereocenters. The number of ether oxygens (including phenoxy) is 1. The van der Waals surface area contributed by atoms with E-state index in [0.29, 0.717) is 26.1 Å². The van der Waals surface area contributed by atoms with Gasteiger partial charge in [-0.05, 0) is 43.1 Å². The Balaban J connectivity index is 1.49. The van der Waals surface area contributed by atoms with Crippen molar-refractivity contribution in [3.05, 3.63) is 35.9 Å². The fourth-order valence-electron chi connectivity index (χ4n) is 5.34. The predicted molar refractivity (Wildman–Crippen MR) is 99.4 cm³/mol. The van der Waals surface area contributed by atoms with Crippen molar-refractivity contribution < 1.29 is 24.2 Å². The van der Waals surface area contributed by atoms with E-state index in [9.17, 15) is 14.4 Å². The maximum atomic E-state index is 12.7. The summed E-state index contributed by atoms with van der Waals surface area (Å²) in [7, 11) is 0. The van der Waals surface area contributed by atoms with E-state index in [2.05, 4.69) is 16.0 Å². The summed E-state index contributed by atoms with van der Waals surface area (Å²) in [5.74, 6) is -0.0340. The number of carboxylic acid groups (broad SMARTS) is 1. The molecule has 4 N–H and O–H groups in total. The molecule has 1 spiro atoms. The average molecular weight is 387 g/mol. The highest BCUT2D eigenvalue weighted by Crippen LogP contribution is 2.52. The van der Waals surface area contributed by atoms with E-state index < -0.39 is 17.7 Å². The number of urea groups is 1. The second-order valence-corrected chi connectivity index (χ2v) is 8.07. The van der Waals surface area contributed by atoms with Crippen LogP contribution in [0.5, 0.6) is 0 Å². The minimum absolute atomic E-state index is 0.111. The number of imide groups is 1. The highest BCUT2D eigenvalue weighted by Gasteiger charge is 2.62. The van der Waals surface area contributed by atoms with Crippen LogP contribution in [0.4, 0.5) is 9.59 Å². The number of nitrogens with one attached hydrogen (secondary N) is 3. The Labute approximate surface area is 163 Å². The summed E-state index contributed by atoms with van der Waals surface area (Å²) in [6.45, 7) is 0.824. The lowest BCUT2D eigenvalue weighted by molar-refractivity contribution is -0.126. The molecule has 1 aromatic rings. The van der Waals surface area contributed by atoms with Crippen molar-refractivity contribution >= 4 is 18.0 Å². The molecule has 8 heteroatoms. The molecule has 28 heavy (non-hydrogen) atoms. The van der Waals surface area contributed by atoms with Crippen LogP contribution in [0.15, 0.2) is 30.3 Å². The first-order valence-electron chi connectivity index (χ1n) is 9.72. The number of hydrogen-bond acceptors (Lipinski definition) is 4. The van der Waals surface area contributed by atoms with Crippen molar-refractivity contribution in [1.82, 2.24) is 16.0 Å². The lowest BCUT2D eigenvalue weighted by atomic mass is 9.75. The van der Waals surface area contributed by atoms with Crippen LogP contribution < -0.4 is 16.0 Å². The van der Waals surface area contributed by atoms with Crippen LogP contribution in [0.2, 0.25) is 0 Å². The molecule has 1 aromatic carbocycles. The smallest absolute Gasteiger partial charge is 0.404 e. The zero-order valence-electron chi connectivity index (χ0n) is 15.5. The van der Waals surface area contributed by atoms with Crippen molar-refractivity contribution in [2.75, 3.05) is 6.61 Å². The molecule has 5 atom stereocenters. The summed E-state index contributed by atoms with van der Waals surface area (Å²) in [6.07, 6.45) is 1.71. The monoisotopic (exact) mass is 387 g/mol. The van der Waals surface area contributed by atoms with Crippen molar-refractivity contribution in [2.45, 2.75) is 43.9 Å². The Morgan fingerprint density at radius 2 is 2.04 bits per heavy atom. The first-order valence-corrected chi connectivity index (χ1v) is 9.72. The van der Waals surface area contributed by atoms with Gasteiger partial charge in [-0.1, -0.05) is 30.3 Å². The number of rotatable bonds is 5. The number of amides is 4. The third-order valence-corrected chi connectivity index (χ3v) is 6.48. The van der Waals surface area contributed by atoms with Crippen LogP contribution in [-0.2, 0) is 16.1 Å². The largest absolute Gasteiger partial charge is 0.465 e. The minimum atomic E-state index is -1.02. The van der Waals surface area contributed by atoms with Crippen LogP contribution in [-0.4, -0.2) is 41.3 Å². The van der Waals surface area contributed by atoms with Crippen LogP contribution >= 0.6 is 0 Å². The summed E-state index contributed by atoms with van der Waals surface area (Å²) in [4.78, 5) is 35.6. The van der Waals surface area contributed by atoms with Crippen LogP contribution in [0.25, 0.3) is 0 Å². The third-order valence-electron chi connectivity index (χ3n) is 6.48. The maximum absolute atomic E-state index is 12.7. The van der Waals surface area contributed by atoms with Gasteiger partial charge < -0.3 is 20.5 Å². The molecule has 3 fully saturated rings. The van der Waals surface area contributed by atoms with Gasteiger partial charge >= 0.3 is 12.1 Å². The zero-order chi connectivity index (χ0) is 19.7. The fraction of sp³-hybridized carbons (Fsp3) is 0.550. The van der Waals surface area contributed by atoms with E-state index in [1.165, 1.54) is 0 Å². The summed E-state index contributed by atoms with van der Waals surface area (Å²) in [6, 6.07) is 9.25. The van der Waals surface area contributed by atoms with Crippen molar-refractivity contribution in [1.29, 1.82) is 0 Å². The summed E-state index contributed by atoms with van der Waals surface area (Å²) in [5, 5.41) is 16.8. The topological polar surface area (TPSA) is 117 Å². The summed E-state index contributed by atoms with van der Waals surface area (Å²) in [5.41, 5.74) is 0.0988. The van der Waals surface area contributed by atoms with E-state index in [0.717, 1.165) is 18.4 Å². The van der Waals surface area contributed by atoms with Gasteiger partial charge in [0.25, 0.3) is 5.91 Å². The highest BCUT2D eigenvalue weighted by atomic mass is 16.5. The number of hydrogen-bond donors (Lipinski definition) is 4. The Morgan fingerprint density at radius 1 is 1.25 bits per heavy atom. The molecule has 1 saturated heterocycles. The molecule has 150 valence electrons. The third kappa shape index (κ3) is 3.44. The minimum Gasteiger partial charge on any atom is -0.465 e. The highest BCUT2D eigenvalue weighted by molar-refractivity contribution is 6.07. The van der Waals surface area contributed by atoms with Gasteiger partial charge in [0.15, 0.2) is 0 Å². The normalized spacial score (nSPS) is 34.0. The van der Waals surface area contributed by atoms with E-state index in [1.54, 1.807) is 0 Å². The Bertz CT molecular complexity index is 770. The second kappa shape index (κ2) is 7.43. The van der Waals surface area contributed by atoms with Crippen LogP contribution in [0, 0.1) is 17.8 Å². The lowest BCUT2D eigenvalue weighted by Crippen LogP contribution is -2.52. The first-order chi connectivity index (χ1) is 13.5. The predicted octanol–water partition coefficient (Wildman–Crippen LogP) is 1.85. The Kier molecular flexibility index (Phi) is 4.97. The van der Waals surface area contributed by atoms with E-state index in [-0.39, 0.29) is 29.7 Å². The molecule has 3 aliphatic rings. The van der Waals surface area contributed by atoms with E-state index in [4.69, 9.17) is 9.84 Å². The fourth-order valence-corrected chi connectivity index (χ4v) is 5.34. The van der Waals surface area contributed by atoms with Crippen molar-refractivity contribution in [3.8, 4) is 0 Å². The van der Waals surface area contributed by atoms with Crippen molar-refractivity contribution in [2.24, 2.45) is 17.8 Å². The van der Waals surface area contributed by atoms with Gasteiger partial charge in [0.1, 0.15) is 5.54 Å². The lowest BCUT2D eigenvalue weighted by Gasteiger charge is -2.35. The molecule has 8 nitrogen and oxygen atoms in total. The molecule has 2 saturated carbocycles. The molecule has 0 aromatic heterocycles. The van der Waals surface area contributed by atoms with Gasteiger partial charge in [-0.25, -0.2) is 9.59 Å². The Morgan fingerprint density at radius 3 is 2.71 bits per heavy atom. The SMILES string of the molecule is O=C(O)NC1CC[C@@H]2[C@@H](C1)CC1(NC(=O)NC1=O)[C@H]2COCc1ccccc1. The molecule has 1 heterocycles. The standard InChI is InChI=1S/C20H25N3O5/c24-17-20(23-18(25)22-17)9-13-8-14(21-19(26)27)6-7-15(13)16(20)11-28-10-12-4-2-1-3-5-12/h1-5,13-16,21H,6-11H2,(H,26,27)(H2,22,23,24,25)/t13-,14?,15+,16-,20?/m0/s1. The molecule has 4 amide bonds. The molecule has 0 bridgehead atoms. The van der Waals surface area contributed by atoms with Crippen molar-refractivity contribution in [3.63, 3.8) is 0 Å². The van der Waals surface area contributed by atoms with Crippen LogP contribution in [0.3, 0.4) is 0 Å². The summed E-state index contributed by atoms with van der Waals surface area (Å²) >= 11 is 0. The zero-order valence-corrected chi connectivity index (χ0v) is 15.5. The molecule has 2 aliphatic carbocycles. The average Bonchev–Trinajstić information content (AvgIpc) is 3.11. The Hall–Kier alpha value is -2.61. The number of carbonyl (C=O) groups is 3. The maximum Gasteiger partial charge on any atom is 0.404 e.